The quantitative estimate of drug-likeness (QED) is 0.784. The van der Waals surface area contributed by atoms with Gasteiger partial charge in [0.2, 0.25) is 0 Å². The number of rotatable bonds is 6. The van der Waals surface area contributed by atoms with Crippen molar-refractivity contribution in [2.75, 3.05) is 39.9 Å². The monoisotopic (exact) mass is 367 g/mol. The van der Waals surface area contributed by atoms with Crippen LogP contribution < -0.4 is 5.32 Å². The van der Waals surface area contributed by atoms with E-state index >= 15 is 0 Å². The molecular formula is C20H37N3O3. The molecule has 6 heteroatoms. The third-order valence-corrected chi connectivity index (χ3v) is 6.30. The SMILES string of the molecule is CCCCN(C)C(=O)N[C@H]1C[C@@H]2CC3(CC[C@H]2N(CCC)C1)OCCO3. The zero-order valence-corrected chi connectivity index (χ0v) is 16.8. The molecule has 0 unspecified atom stereocenters. The first kappa shape index (κ1) is 19.9. The molecule has 6 nitrogen and oxygen atoms in total. The molecule has 3 aliphatic rings. The molecule has 1 saturated carbocycles. The van der Waals surface area contributed by atoms with Crippen LogP contribution >= 0.6 is 0 Å². The summed E-state index contributed by atoms with van der Waals surface area (Å²) < 4.78 is 12.0. The smallest absolute Gasteiger partial charge is 0.317 e. The van der Waals surface area contributed by atoms with Crippen molar-refractivity contribution in [3.8, 4) is 0 Å². The van der Waals surface area contributed by atoms with Gasteiger partial charge in [0.1, 0.15) is 0 Å². The minimum Gasteiger partial charge on any atom is -0.348 e. The highest BCUT2D eigenvalue weighted by Gasteiger charge is 2.49. The van der Waals surface area contributed by atoms with Crippen molar-refractivity contribution in [1.82, 2.24) is 15.1 Å². The predicted octanol–water partition coefficient (Wildman–Crippen LogP) is 2.82. The summed E-state index contributed by atoms with van der Waals surface area (Å²) >= 11 is 0. The lowest BCUT2D eigenvalue weighted by Gasteiger charge is -2.51. The van der Waals surface area contributed by atoms with E-state index in [1.807, 2.05) is 11.9 Å². The van der Waals surface area contributed by atoms with Crippen LogP contribution in [-0.4, -0.2) is 73.6 Å². The lowest BCUT2D eigenvalue weighted by Crippen LogP contribution is -2.60. The minimum atomic E-state index is -0.344. The van der Waals surface area contributed by atoms with Crippen LogP contribution in [0.3, 0.4) is 0 Å². The van der Waals surface area contributed by atoms with Crippen LogP contribution in [0.25, 0.3) is 0 Å². The van der Waals surface area contributed by atoms with Gasteiger partial charge in [-0.05, 0) is 38.1 Å². The topological polar surface area (TPSA) is 54.0 Å². The second-order valence-corrected chi connectivity index (χ2v) is 8.33. The molecule has 0 radical (unpaired) electrons. The van der Waals surface area contributed by atoms with Crippen LogP contribution in [-0.2, 0) is 9.47 Å². The number of piperidine rings is 1. The van der Waals surface area contributed by atoms with Crippen molar-refractivity contribution >= 4 is 6.03 Å². The van der Waals surface area contributed by atoms with E-state index in [-0.39, 0.29) is 17.9 Å². The molecule has 1 spiro atoms. The maximum atomic E-state index is 12.5. The van der Waals surface area contributed by atoms with Crippen LogP contribution in [0.15, 0.2) is 0 Å². The van der Waals surface area contributed by atoms with E-state index in [0.717, 1.165) is 77.8 Å². The van der Waals surface area contributed by atoms with Gasteiger partial charge >= 0.3 is 6.03 Å². The van der Waals surface area contributed by atoms with Crippen molar-refractivity contribution in [2.24, 2.45) is 5.92 Å². The molecule has 3 rings (SSSR count). The summed E-state index contributed by atoms with van der Waals surface area (Å²) in [5.41, 5.74) is 0. The van der Waals surface area contributed by atoms with Crippen LogP contribution in [0.4, 0.5) is 4.79 Å². The number of likely N-dealkylation sites (tertiary alicyclic amines) is 1. The molecule has 0 aromatic carbocycles. The van der Waals surface area contributed by atoms with Crippen molar-refractivity contribution in [3.05, 3.63) is 0 Å². The normalized spacial score (nSPS) is 31.0. The Morgan fingerprint density at radius 1 is 1.27 bits per heavy atom. The summed E-state index contributed by atoms with van der Waals surface area (Å²) in [6.45, 7) is 8.73. The maximum Gasteiger partial charge on any atom is 0.317 e. The van der Waals surface area contributed by atoms with Crippen molar-refractivity contribution in [2.45, 2.75) is 76.7 Å². The molecule has 3 fully saturated rings. The second-order valence-electron chi connectivity index (χ2n) is 8.33. The van der Waals surface area contributed by atoms with Crippen LogP contribution in [0.2, 0.25) is 0 Å². The highest BCUT2D eigenvalue weighted by molar-refractivity contribution is 5.74. The van der Waals surface area contributed by atoms with Crippen LogP contribution in [0.1, 0.15) is 58.8 Å². The fraction of sp³-hybridized carbons (Fsp3) is 0.950. The molecule has 2 saturated heterocycles. The number of nitrogens with zero attached hydrogens (tertiary/aromatic N) is 2. The molecule has 1 aliphatic carbocycles. The second kappa shape index (κ2) is 8.89. The largest absolute Gasteiger partial charge is 0.348 e. The van der Waals surface area contributed by atoms with E-state index in [9.17, 15) is 4.79 Å². The molecule has 0 bridgehead atoms. The number of fused-ring (bicyclic) bond motifs is 1. The fourth-order valence-electron chi connectivity index (χ4n) is 5.01. The van der Waals surface area contributed by atoms with E-state index in [1.54, 1.807) is 0 Å². The molecule has 1 N–H and O–H groups in total. The molecule has 26 heavy (non-hydrogen) atoms. The Morgan fingerprint density at radius 2 is 2.04 bits per heavy atom. The van der Waals surface area contributed by atoms with Crippen molar-refractivity contribution < 1.29 is 14.3 Å². The Bertz CT molecular complexity index is 467. The van der Waals surface area contributed by atoms with Crippen LogP contribution in [0.5, 0.6) is 0 Å². The zero-order valence-electron chi connectivity index (χ0n) is 16.8. The van der Waals surface area contributed by atoms with Gasteiger partial charge in [-0.1, -0.05) is 20.3 Å². The molecule has 2 aliphatic heterocycles. The molecular weight excluding hydrogens is 330 g/mol. The number of nitrogens with one attached hydrogen (secondary N) is 1. The van der Waals surface area contributed by atoms with Gasteiger partial charge in [-0.2, -0.15) is 0 Å². The summed E-state index contributed by atoms with van der Waals surface area (Å²) in [6, 6.07) is 0.896. The lowest BCUT2D eigenvalue weighted by atomic mass is 9.74. The third kappa shape index (κ3) is 4.52. The Balaban J connectivity index is 1.62. The number of urea groups is 1. The van der Waals surface area contributed by atoms with Crippen LogP contribution in [0, 0.1) is 5.92 Å². The lowest BCUT2D eigenvalue weighted by molar-refractivity contribution is -0.201. The number of hydrogen-bond acceptors (Lipinski definition) is 4. The molecule has 2 heterocycles. The highest BCUT2D eigenvalue weighted by atomic mass is 16.7. The van der Waals surface area contributed by atoms with E-state index in [1.165, 1.54) is 0 Å². The Hall–Kier alpha value is -0.850. The Morgan fingerprint density at radius 3 is 2.73 bits per heavy atom. The third-order valence-electron chi connectivity index (χ3n) is 6.30. The summed E-state index contributed by atoms with van der Waals surface area (Å²) in [5.74, 6) is 0.191. The first-order valence-electron chi connectivity index (χ1n) is 10.6. The zero-order chi connectivity index (χ0) is 18.6. The first-order chi connectivity index (χ1) is 12.6. The van der Waals surface area contributed by atoms with Gasteiger partial charge in [-0.3, -0.25) is 4.90 Å². The highest BCUT2D eigenvalue weighted by Crippen LogP contribution is 2.44. The van der Waals surface area contributed by atoms with Gasteiger partial charge < -0.3 is 19.7 Å². The molecule has 150 valence electrons. The summed E-state index contributed by atoms with van der Waals surface area (Å²) in [7, 11) is 1.90. The number of carbonyl (C=O) groups excluding carboxylic acids is 1. The first-order valence-corrected chi connectivity index (χ1v) is 10.6. The molecule has 3 atom stereocenters. The summed E-state index contributed by atoms with van der Waals surface area (Å²) in [6.07, 6.45) is 7.46. The standard InChI is InChI=1S/C20H37N3O3/c1-4-6-10-22(3)19(24)21-17-13-16-14-20(25-11-12-26-20)8-7-18(16)23(15-17)9-5-2/h16-18H,4-15H2,1-3H3,(H,21,24)/t16-,17+,18-/m1/s1. The van der Waals surface area contributed by atoms with Gasteiger partial charge in [-0.25, -0.2) is 4.79 Å². The summed E-state index contributed by atoms with van der Waals surface area (Å²) in [4.78, 5) is 17.0. The van der Waals surface area contributed by atoms with E-state index in [0.29, 0.717) is 12.0 Å². The average molecular weight is 368 g/mol. The Labute approximate surface area is 158 Å². The van der Waals surface area contributed by atoms with E-state index < -0.39 is 0 Å². The minimum absolute atomic E-state index is 0.0669. The Kier molecular flexibility index (Phi) is 6.81. The van der Waals surface area contributed by atoms with Gasteiger partial charge in [0.05, 0.1) is 13.2 Å². The van der Waals surface area contributed by atoms with Crippen molar-refractivity contribution in [1.29, 1.82) is 0 Å². The number of amides is 2. The van der Waals surface area contributed by atoms with Gasteiger partial charge in [-0.15, -0.1) is 0 Å². The van der Waals surface area contributed by atoms with E-state index in [4.69, 9.17) is 9.47 Å². The molecule has 2 amide bonds. The van der Waals surface area contributed by atoms with Crippen molar-refractivity contribution in [3.63, 3.8) is 0 Å². The predicted molar refractivity (Wildman–Crippen MR) is 102 cm³/mol. The molecule has 0 aromatic heterocycles. The number of unbranched alkanes of at least 4 members (excludes halogenated alkanes) is 1. The number of ether oxygens (including phenoxy) is 2. The van der Waals surface area contributed by atoms with Gasteiger partial charge in [0.15, 0.2) is 5.79 Å². The van der Waals surface area contributed by atoms with Gasteiger partial charge in [0, 0.05) is 45.1 Å². The van der Waals surface area contributed by atoms with Gasteiger partial charge in [0.25, 0.3) is 0 Å². The number of carbonyl (C=O) groups is 1. The summed E-state index contributed by atoms with van der Waals surface area (Å²) in [5, 5.41) is 3.29. The van der Waals surface area contributed by atoms with E-state index in [2.05, 4.69) is 24.1 Å². The molecule has 0 aromatic rings. The number of hydrogen-bond donors (Lipinski definition) is 1. The average Bonchev–Trinajstić information content (AvgIpc) is 3.07. The maximum absolute atomic E-state index is 12.5. The fourth-order valence-corrected chi connectivity index (χ4v) is 5.01.